The van der Waals surface area contributed by atoms with E-state index in [2.05, 4.69) is 58.1 Å². The third kappa shape index (κ3) is 3.39. The number of carbonyl (C=O) groups is 1. The first-order valence-electron chi connectivity index (χ1n) is 5.53. The van der Waals surface area contributed by atoms with Gasteiger partial charge in [0.05, 0.1) is 5.69 Å². The second-order valence-electron chi connectivity index (χ2n) is 4.09. The monoisotopic (exact) mass is 462 g/mol. The van der Waals surface area contributed by atoms with Gasteiger partial charge >= 0.3 is 0 Å². The van der Waals surface area contributed by atoms with E-state index >= 15 is 0 Å². The second kappa shape index (κ2) is 6.24. The Morgan fingerprint density at radius 3 is 2.30 bits per heavy atom. The van der Waals surface area contributed by atoms with Crippen molar-refractivity contribution in [2.75, 3.05) is 5.32 Å². The summed E-state index contributed by atoms with van der Waals surface area (Å²) < 4.78 is 2.27. The van der Waals surface area contributed by atoms with Crippen LogP contribution in [-0.4, -0.2) is 10.9 Å². The van der Waals surface area contributed by atoms with Crippen molar-refractivity contribution in [2.45, 2.75) is 6.92 Å². The van der Waals surface area contributed by atoms with Gasteiger partial charge < -0.3 is 10.3 Å². The number of anilines is 1. The Bertz CT molecular complexity index is 718. The van der Waals surface area contributed by atoms with E-state index in [1.165, 1.54) is 12.3 Å². The fraction of sp³-hybridized carbons (Fsp3) is 0.0769. The van der Waals surface area contributed by atoms with Crippen molar-refractivity contribution in [3.05, 3.63) is 59.3 Å². The third-order valence-corrected chi connectivity index (χ3v) is 4.26. The average molecular weight is 465 g/mol. The number of H-pyrrole nitrogens is 1. The number of rotatable bonds is 2. The molecule has 2 aromatic rings. The van der Waals surface area contributed by atoms with Crippen LogP contribution in [0.4, 0.5) is 5.69 Å². The molecule has 2 N–H and O–H groups in total. The first-order valence-corrected chi connectivity index (χ1v) is 7.91. The molecule has 0 aliphatic rings. The molecule has 0 atom stereocenters. The topological polar surface area (TPSA) is 62.0 Å². The molecule has 0 unspecified atom stereocenters. The average Bonchev–Trinajstić information content (AvgIpc) is 2.33. The molecule has 1 amide bonds. The van der Waals surface area contributed by atoms with Gasteiger partial charge in [0.2, 0.25) is 0 Å². The fourth-order valence-corrected chi connectivity index (χ4v) is 4.05. The largest absolute Gasteiger partial charge is 0.364 e. The van der Waals surface area contributed by atoms with Crippen LogP contribution in [0, 0.1) is 6.92 Å². The van der Waals surface area contributed by atoms with Gasteiger partial charge in [-0.15, -0.1) is 0 Å². The molecule has 20 heavy (non-hydrogen) atoms. The summed E-state index contributed by atoms with van der Waals surface area (Å²) in [7, 11) is 0. The highest BCUT2D eigenvalue weighted by molar-refractivity contribution is 9.11. The Hall–Kier alpha value is -0.920. The van der Waals surface area contributed by atoms with Crippen molar-refractivity contribution in [3.8, 4) is 0 Å². The van der Waals surface area contributed by atoms with E-state index in [0.717, 1.165) is 4.47 Å². The van der Waals surface area contributed by atoms with Gasteiger partial charge in [-0.3, -0.25) is 9.59 Å². The summed E-state index contributed by atoms with van der Waals surface area (Å²) in [5.41, 5.74) is 1.02. The van der Waals surface area contributed by atoms with Crippen molar-refractivity contribution in [1.29, 1.82) is 0 Å². The summed E-state index contributed by atoms with van der Waals surface area (Å²) in [5.74, 6) is -0.463. The van der Waals surface area contributed by atoms with Crippen molar-refractivity contribution in [1.82, 2.24) is 4.98 Å². The lowest BCUT2D eigenvalue weighted by molar-refractivity contribution is 0.102. The van der Waals surface area contributed by atoms with Crippen molar-refractivity contribution < 1.29 is 4.79 Å². The minimum Gasteiger partial charge on any atom is -0.364 e. The van der Waals surface area contributed by atoms with E-state index in [9.17, 15) is 9.59 Å². The van der Waals surface area contributed by atoms with Crippen LogP contribution in [0.5, 0.6) is 0 Å². The Labute approximate surface area is 140 Å². The molecular formula is C13H9Br3N2O2. The molecule has 2 rings (SSSR count). The zero-order valence-corrected chi connectivity index (χ0v) is 15.0. The molecule has 0 saturated heterocycles. The highest BCUT2D eigenvalue weighted by atomic mass is 79.9. The quantitative estimate of drug-likeness (QED) is 0.699. The molecule has 0 saturated carbocycles. The van der Waals surface area contributed by atoms with Crippen LogP contribution in [0.25, 0.3) is 0 Å². The van der Waals surface area contributed by atoms with E-state index in [1.807, 2.05) is 0 Å². The van der Waals surface area contributed by atoms with Crippen molar-refractivity contribution in [2.24, 2.45) is 0 Å². The van der Waals surface area contributed by atoms with Crippen molar-refractivity contribution in [3.63, 3.8) is 0 Å². The SMILES string of the molecule is Cc1cc(=O)c(C(=O)Nc2c(Br)cc(Br)cc2Br)c[nH]1. The first-order chi connectivity index (χ1) is 9.38. The lowest BCUT2D eigenvalue weighted by atomic mass is 10.2. The number of halogens is 3. The summed E-state index contributed by atoms with van der Waals surface area (Å²) in [6.07, 6.45) is 1.41. The van der Waals surface area contributed by atoms with E-state index < -0.39 is 5.91 Å². The summed E-state index contributed by atoms with van der Waals surface area (Å²) in [6.45, 7) is 1.75. The molecule has 0 radical (unpaired) electrons. The lowest BCUT2D eigenvalue weighted by Gasteiger charge is -2.10. The Morgan fingerprint density at radius 2 is 1.75 bits per heavy atom. The molecule has 0 fully saturated rings. The summed E-state index contributed by atoms with van der Waals surface area (Å²) in [6, 6.07) is 5.00. The van der Waals surface area contributed by atoms with Crippen LogP contribution in [-0.2, 0) is 0 Å². The van der Waals surface area contributed by atoms with E-state index in [0.29, 0.717) is 20.3 Å². The van der Waals surface area contributed by atoms with Gasteiger partial charge in [-0.25, -0.2) is 0 Å². The third-order valence-electron chi connectivity index (χ3n) is 2.55. The number of aromatic nitrogens is 1. The van der Waals surface area contributed by atoms with E-state index in [-0.39, 0.29) is 11.0 Å². The molecule has 0 aliphatic heterocycles. The van der Waals surface area contributed by atoms with E-state index in [4.69, 9.17) is 0 Å². The Morgan fingerprint density at radius 1 is 1.15 bits per heavy atom. The van der Waals surface area contributed by atoms with Crippen LogP contribution in [0.3, 0.4) is 0 Å². The minimum absolute atomic E-state index is 0.0670. The molecular weight excluding hydrogens is 456 g/mol. The molecule has 1 aromatic heterocycles. The van der Waals surface area contributed by atoms with Gasteiger partial charge in [-0.1, -0.05) is 15.9 Å². The molecule has 0 aliphatic carbocycles. The van der Waals surface area contributed by atoms with Crippen LogP contribution in [0.1, 0.15) is 16.1 Å². The zero-order chi connectivity index (χ0) is 14.9. The lowest BCUT2D eigenvalue weighted by Crippen LogP contribution is -2.22. The maximum atomic E-state index is 12.2. The van der Waals surface area contributed by atoms with Gasteiger partial charge in [0.1, 0.15) is 5.56 Å². The maximum Gasteiger partial charge on any atom is 0.261 e. The first kappa shape index (κ1) is 15.5. The van der Waals surface area contributed by atoms with Crippen molar-refractivity contribution >= 4 is 59.4 Å². The standard InChI is InChI=1S/C13H9Br3N2O2/c1-6-2-11(19)8(5-17-6)13(20)18-12-9(15)3-7(14)4-10(12)16/h2-5H,1H3,(H,17,19)(H,18,20). The number of aryl methyl sites for hydroxylation is 1. The highest BCUT2D eigenvalue weighted by Gasteiger charge is 2.14. The number of benzene rings is 1. The van der Waals surface area contributed by atoms with Crippen LogP contribution < -0.4 is 10.7 Å². The summed E-state index contributed by atoms with van der Waals surface area (Å²) in [4.78, 5) is 26.8. The molecule has 7 heteroatoms. The van der Waals surface area contributed by atoms with Gasteiger partial charge in [0.25, 0.3) is 5.91 Å². The smallest absolute Gasteiger partial charge is 0.261 e. The fourth-order valence-electron chi connectivity index (χ4n) is 1.59. The molecule has 1 heterocycles. The van der Waals surface area contributed by atoms with Crippen LogP contribution >= 0.6 is 47.8 Å². The number of hydrogen-bond acceptors (Lipinski definition) is 2. The van der Waals surface area contributed by atoms with Crippen LogP contribution in [0.15, 0.2) is 42.6 Å². The molecule has 0 spiro atoms. The Kier molecular flexibility index (Phi) is 4.82. The van der Waals surface area contributed by atoms with Crippen LogP contribution in [0.2, 0.25) is 0 Å². The second-order valence-corrected chi connectivity index (χ2v) is 6.72. The summed E-state index contributed by atoms with van der Waals surface area (Å²) >= 11 is 10.1. The minimum atomic E-state index is -0.463. The zero-order valence-electron chi connectivity index (χ0n) is 10.3. The molecule has 4 nitrogen and oxygen atoms in total. The number of aromatic amines is 1. The number of pyridine rings is 1. The normalized spacial score (nSPS) is 10.4. The number of nitrogens with one attached hydrogen (secondary N) is 2. The molecule has 0 bridgehead atoms. The van der Waals surface area contributed by atoms with Gasteiger partial charge in [-0.05, 0) is 50.9 Å². The van der Waals surface area contributed by atoms with Gasteiger partial charge in [-0.2, -0.15) is 0 Å². The number of hydrogen-bond donors (Lipinski definition) is 2. The number of carbonyl (C=O) groups excluding carboxylic acids is 1. The summed E-state index contributed by atoms with van der Waals surface area (Å²) in [5, 5.41) is 2.71. The maximum absolute atomic E-state index is 12.2. The Balaban J connectivity index is 2.35. The number of amides is 1. The molecule has 104 valence electrons. The van der Waals surface area contributed by atoms with Gasteiger partial charge in [0.15, 0.2) is 5.43 Å². The van der Waals surface area contributed by atoms with E-state index in [1.54, 1.807) is 19.1 Å². The highest BCUT2D eigenvalue weighted by Crippen LogP contribution is 2.34. The predicted octanol–water partition coefficient (Wildman–Crippen LogP) is 4.22. The van der Waals surface area contributed by atoms with Gasteiger partial charge in [0, 0.05) is 31.4 Å². The molecule has 1 aromatic carbocycles. The predicted molar refractivity (Wildman–Crippen MR) is 89.3 cm³/mol.